The molecule has 64 valence electrons. The molecule has 1 aromatic carbocycles. The van der Waals surface area contributed by atoms with E-state index >= 15 is 0 Å². The summed E-state index contributed by atoms with van der Waals surface area (Å²) in [5, 5.41) is 0. The predicted octanol–water partition coefficient (Wildman–Crippen LogP) is 2.58. The van der Waals surface area contributed by atoms with Gasteiger partial charge in [0.05, 0.1) is 0 Å². The fourth-order valence-corrected chi connectivity index (χ4v) is 2.04. The Kier molecular flexibility index (Phi) is 1.89. The van der Waals surface area contributed by atoms with Crippen molar-refractivity contribution in [1.29, 1.82) is 0 Å². The highest BCUT2D eigenvalue weighted by Crippen LogP contribution is 2.35. The van der Waals surface area contributed by atoms with Gasteiger partial charge in [0.2, 0.25) is 0 Å². The van der Waals surface area contributed by atoms with E-state index in [0.717, 1.165) is 6.42 Å². The lowest BCUT2D eigenvalue weighted by Crippen LogP contribution is -2.18. The van der Waals surface area contributed by atoms with Gasteiger partial charge >= 0.3 is 0 Å². The van der Waals surface area contributed by atoms with E-state index in [1.807, 2.05) is 0 Å². The average Bonchev–Trinajstić information content (AvgIpc) is 2.12. The summed E-state index contributed by atoms with van der Waals surface area (Å²) < 4.78 is 0. The van der Waals surface area contributed by atoms with Crippen LogP contribution in [-0.2, 0) is 0 Å². The van der Waals surface area contributed by atoms with Gasteiger partial charge in [0.25, 0.3) is 0 Å². The van der Waals surface area contributed by atoms with Crippen molar-refractivity contribution in [1.82, 2.24) is 0 Å². The summed E-state index contributed by atoms with van der Waals surface area (Å²) in [5.41, 5.74) is 8.82. The molecule has 1 aliphatic rings. The highest BCUT2D eigenvalue weighted by atomic mass is 14.6. The Hall–Kier alpha value is -0.820. The molecule has 1 aliphatic carbocycles. The molecule has 12 heavy (non-hydrogen) atoms. The van der Waals surface area contributed by atoms with E-state index in [2.05, 4.69) is 31.2 Å². The van der Waals surface area contributed by atoms with Crippen molar-refractivity contribution in [2.24, 2.45) is 5.73 Å². The van der Waals surface area contributed by atoms with Gasteiger partial charge in [-0.15, -0.1) is 0 Å². The zero-order valence-corrected chi connectivity index (χ0v) is 7.46. The first-order valence-corrected chi connectivity index (χ1v) is 4.63. The number of hydrogen-bond donors (Lipinski definition) is 1. The molecule has 0 spiro atoms. The molecular weight excluding hydrogens is 146 g/mol. The van der Waals surface area contributed by atoms with Crippen LogP contribution < -0.4 is 5.73 Å². The minimum absolute atomic E-state index is 0.275. The van der Waals surface area contributed by atoms with Gasteiger partial charge in [-0.1, -0.05) is 31.2 Å². The number of nitrogens with two attached hydrogens (primary N) is 1. The largest absolute Gasteiger partial charge is 0.324 e. The molecular formula is C11H15N. The van der Waals surface area contributed by atoms with Crippen LogP contribution in [0.4, 0.5) is 0 Å². The number of fused-ring (bicyclic) bond motifs is 1. The molecule has 1 heteroatoms. The summed E-state index contributed by atoms with van der Waals surface area (Å²) >= 11 is 0. The predicted molar refractivity (Wildman–Crippen MR) is 51.0 cm³/mol. The number of hydrogen-bond acceptors (Lipinski definition) is 1. The van der Waals surface area contributed by atoms with Crippen molar-refractivity contribution in [3.63, 3.8) is 0 Å². The fourth-order valence-electron chi connectivity index (χ4n) is 2.04. The van der Waals surface area contributed by atoms with Crippen molar-refractivity contribution in [2.75, 3.05) is 0 Å². The summed E-state index contributed by atoms with van der Waals surface area (Å²) in [6, 6.07) is 8.83. The van der Waals surface area contributed by atoms with E-state index < -0.39 is 0 Å². The Labute approximate surface area is 73.6 Å². The molecule has 0 amide bonds. The van der Waals surface area contributed by atoms with E-state index in [-0.39, 0.29) is 6.04 Å². The molecule has 0 saturated heterocycles. The van der Waals surface area contributed by atoms with Crippen molar-refractivity contribution >= 4 is 0 Å². The van der Waals surface area contributed by atoms with Gasteiger partial charge in [-0.25, -0.2) is 0 Å². The Morgan fingerprint density at radius 1 is 1.17 bits per heavy atom. The third-order valence-corrected chi connectivity index (χ3v) is 2.84. The molecule has 2 rings (SSSR count). The van der Waals surface area contributed by atoms with Crippen LogP contribution in [0.15, 0.2) is 24.3 Å². The molecule has 0 saturated carbocycles. The van der Waals surface area contributed by atoms with Gasteiger partial charge in [-0.3, -0.25) is 0 Å². The highest BCUT2D eigenvalue weighted by Gasteiger charge is 2.20. The van der Waals surface area contributed by atoms with E-state index in [4.69, 9.17) is 5.73 Å². The summed E-state index contributed by atoms with van der Waals surface area (Å²) in [7, 11) is 0. The molecule has 0 bridgehead atoms. The van der Waals surface area contributed by atoms with Crippen molar-refractivity contribution in [2.45, 2.75) is 31.7 Å². The van der Waals surface area contributed by atoms with Gasteiger partial charge in [-0.05, 0) is 29.9 Å². The first-order chi connectivity index (χ1) is 5.79. The van der Waals surface area contributed by atoms with Crippen LogP contribution in [-0.4, -0.2) is 0 Å². The molecule has 1 aromatic rings. The van der Waals surface area contributed by atoms with Gasteiger partial charge in [0.1, 0.15) is 0 Å². The fraction of sp³-hybridized carbons (Fsp3) is 0.455. The highest BCUT2D eigenvalue weighted by molar-refractivity contribution is 5.34. The average molecular weight is 161 g/mol. The Morgan fingerprint density at radius 3 is 2.50 bits per heavy atom. The molecule has 0 aromatic heterocycles. The van der Waals surface area contributed by atoms with Crippen LogP contribution in [0.1, 0.15) is 42.9 Å². The lowest BCUT2D eigenvalue weighted by molar-refractivity contribution is 0.513. The Bertz CT molecular complexity index is 251. The zero-order chi connectivity index (χ0) is 8.55. The lowest BCUT2D eigenvalue weighted by Gasteiger charge is -2.26. The molecule has 0 heterocycles. The van der Waals surface area contributed by atoms with Gasteiger partial charge in [0.15, 0.2) is 0 Å². The molecule has 2 atom stereocenters. The molecule has 1 nitrogen and oxygen atoms in total. The summed E-state index contributed by atoms with van der Waals surface area (Å²) in [6.07, 6.45) is 2.37. The van der Waals surface area contributed by atoms with Crippen molar-refractivity contribution in [3.8, 4) is 0 Å². The van der Waals surface area contributed by atoms with E-state index in [9.17, 15) is 0 Å². The van der Waals surface area contributed by atoms with Crippen LogP contribution in [0.25, 0.3) is 0 Å². The normalized spacial score (nSPS) is 28.2. The molecule has 0 fully saturated rings. The van der Waals surface area contributed by atoms with Crippen LogP contribution in [0.2, 0.25) is 0 Å². The minimum atomic E-state index is 0.275. The monoisotopic (exact) mass is 161 g/mol. The molecule has 2 N–H and O–H groups in total. The smallest absolute Gasteiger partial charge is 0.0297 e. The Morgan fingerprint density at radius 2 is 1.83 bits per heavy atom. The van der Waals surface area contributed by atoms with E-state index in [1.54, 1.807) is 0 Å². The maximum absolute atomic E-state index is 6.01. The summed E-state index contributed by atoms with van der Waals surface area (Å²) in [4.78, 5) is 0. The van der Waals surface area contributed by atoms with Gasteiger partial charge in [-0.2, -0.15) is 0 Å². The number of benzene rings is 1. The second kappa shape index (κ2) is 2.91. The van der Waals surface area contributed by atoms with E-state index in [1.165, 1.54) is 17.5 Å². The third kappa shape index (κ3) is 1.14. The van der Waals surface area contributed by atoms with Crippen molar-refractivity contribution < 1.29 is 0 Å². The number of rotatable bonds is 0. The first kappa shape index (κ1) is 7.81. The van der Waals surface area contributed by atoms with Crippen LogP contribution >= 0.6 is 0 Å². The zero-order valence-electron chi connectivity index (χ0n) is 7.46. The third-order valence-electron chi connectivity index (χ3n) is 2.84. The second-order valence-electron chi connectivity index (χ2n) is 3.71. The van der Waals surface area contributed by atoms with Crippen molar-refractivity contribution in [3.05, 3.63) is 35.4 Å². The first-order valence-electron chi connectivity index (χ1n) is 4.63. The van der Waals surface area contributed by atoms with Crippen LogP contribution in [0.3, 0.4) is 0 Å². The minimum Gasteiger partial charge on any atom is -0.324 e. The SMILES string of the molecule is C[C@H]1CC[C@H](N)c2ccccc21. The summed E-state index contributed by atoms with van der Waals surface area (Å²) in [6.45, 7) is 2.28. The van der Waals surface area contributed by atoms with Gasteiger partial charge < -0.3 is 5.73 Å². The van der Waals surface area contributed by atoms with Crippen LogP contribution in [0.5, 0.6) is 0 Å². The molecule has 0 unspecified atom stereocenters. The lowest BCUT2D eigenvalue weighted by atomic mass is 9.81. The maximum atomic E-state index is 6.01. The molecule has 0 radical (unpaired) electrons. The molecule has 0 aliphatic heterocycles. The Balaban J connectivity index is 2.47. The van der Waals surface area contributed by atoms with Crippen LogP contribution in [0, 0.1) is 0 Å². The maximum Gasteiger partial charge on any atom is 0.0297 e. The topological polar surface area (TPSA) is 26.0 Å². The van der Waals surface area contributed by atoms with Gasteiger partial charge in [0, 0.05) is 6.04 Å². The summed E-state index contributed by atoms with van der Waals surface area (Å²) in [5.74, 6) is 0.695. The standard InChI is InChI=1S/C11H15N/c1-8-6-7-11(12)10-5-3-2-4-9(8)10/h2-5,8,11H,6-7,12H2,1H3/t8-,11-/m0/s1. The van der Waals surface area contributed by atoms with E-state index in [0.29, 0.717) is 5.92 Å². The quantitative estimate of drug-likeness (QED) is 0.621. The second-order valence-corrected chi connectivity index (χ2v) is 3.71.